The van der Waals surface area contributed by atoms with Gasteiger partial charge in [-0.3, -0.25) is 0 Å². The molecule has 1 rings (SSSR count). The third kappa shape index (κ3) is 3.02. The van der Waals surface area contributed by atoms with Crippen LogP contribution in [0, 0.1) is 0 Å². The summed E-state index contributed by atoms with van der Waals surface area (Å²) in [5.74, 6) is 2.76. The molecule has 1 heterocycles. The molecular formula is C11H21N3O. The van der Waals surface area contributed by atoms with Gasteiger partial charge in [0.2, 0.25) is 0 Å². The molecule has 86 valence electrons. The lowest BCUT2D eigenvalue weighted by Gasteiger charge is -2.06. The third-order valence-electron chi connectivity index (χ3n) is 2.26. The van der Waals surface area contributed by atoms with E-state index in [-0.39, 0.29) is 0 Å². The van der Waals surface area contributed by atoms with Crippen molar-refractivity contribution in [3.63, 3.8) is 0 Å². The molecule has 0 aliphatic rings. The van der Waals surface area contributed by atoms with E-state index < -0.39 is 0 Å². The Bertz CT molecular complexity index is 305. The van der Waals surface area contributed by atoms with Gasteiger partial charge in [0.15, 0.2) is 5.82 Å². The molecule has 0 radical (unpaired) electrons. The van der Waals surface area contributed by atoms with E-state index in [1.54, 1.807) is 7.11 Å². The van der Waals surface area contributed by atoms with Crippen molar-refractivity contribution in [2.75, 3.05) is 13.7 Å². The number of ether oxygens (including phenoxy) is 1. The first-order valence-corrected chi connectivity index (χ1v) is 5.49. The monoisotopic (exact) mass is 211 g/mol. The number of hydrogen-bond donors (Lipinski definition) is 0. The van der Waals surface area contributed by atoms with E-state index in [0.717, 1.165) is 18.2 Å². The van der Waals surface area contributed by atoms with E-state index in [1.165, 1.54) is 0 Å². The van der Waals surface area contributed by atoms with E-state index in [9.17, 15) is 0 Å². The van der Waals surface area contributed by atoms with Crippen LogP contribution in [0.15, 0.2) is 0 Å². The second-order valence-corrected chi connectivity index (χ2v) is 4.35. The van der Waals surface area contributed by atoms with Gasteiger partial charge in [-0.1, -0.05) is 27.7 Å². The first kappa shape index (κ1) is 12.2. The van der Waals surface area contributed by atoms with Crippen LogP contribution < -0.4 is 0 Å². The van der Waals surface area contributed by atoms with Gasteiger partial charge in [0.05, 0.1) is 13.2 Å². The van der Waals surface area contributed by atoms with Crippen LogP contribution in [-0.2, 0) is 11.3 Å². The van der Waals surface area contributed by atoms with Crippen molar-refractivity contribution < 1.29 is 4.74 Å². The summed E-state index contributed by atoms with van der Waals surface area (Å²) in [6.07, 6.45) is 0. The number of methoxy groups -OCH3 is 1. The van der Waals surface area contributed by atoms with Gasteiger partial charge in [-0.2, -0.15) is 5.10 Å². The Hall–Kier alpha value is -0.900. The van der Waals surface area contributed by atoms with Crippen molar-refractivity contribution in [2.24, 2.45) is 0 Å². The standard InChI is InChI=1S/C11H21N3O/c1-8(2)10-12-11(9(3)4)14(13-10)6-7-15-5/h8-9H,6-7H2,1-5H3. The zero-order valence-electron chi connectivity index (χ0n) is 10.3. The maximum absolute atomic E-state index is 5.06. The number of rotatable bonds is 5. The van der Waals surface area contributed by atoms with Crippen molar-refractivity contribution in [1.29, 1.82) is 0 Å². The summed E-state index contributed by atoms with van der Waals surface area (Å²) in [7, 11) is 1.70. The van der Waals surface area contributed by atoms with E-state index >= 15 is 0 Å². The zero-order valence-corrected chi connectivity index (χ0v) is 10.3. The molecule has 0 N–H and O–H groups in total. The Labute approximate surface area is 91.7 Å². The normalized spacial score (nSPS) is 11.7. The van der Waals surface area contributed by atoms with Crippen LogP contribution in [0.5, 0.6) is 0 Å². The van der Waals surface area contributed by atoms with Gasteiger partial charge in [0.25, 0.3) is 0 Å². The SMILES string of the molecule is COCCn1nc(C(C)C)nc1C(C)C. The summed E-state index contributed by atoms with van der Waals surface area (Å²) in [5, 5.41) is 4.49. The molecule has 0 saturated heterocycles. The Morgan fingerprint density at radius 2 is 1.87 bits per heavy atom. The molecule has 0 amide bonds. The third-order valence-corrected chi connectivity index (χ3v) is 2.26. The lowest BCUT2D eigenvalue weighted by atomic mass is 10.2. The molecular weight excluding hydrogens is 190 g/mol. The Kier molecular flexibility index (Phi) is 4.27. The Balaban J connectivity index is 2.90. The highest BCUT2D eigenvalue weighted by atomic mass is 16.5. The molecule has 0 saturated carbocycles. The van der Waals surface area contributed by atoms with Crippen molar-refractivity contribution in [1.82, 2.24) is 14.8 Å². The van der Waals surface area contributed by atoms with Gasteiger partial charge in [-0.05, 0) is 0 Å². The predicted molar refractivity (Wildman–Crippen MR) is 60.1 cm³/mol. The minimum atomic E-state index is 0.381. The molecule has 0 atom stereocenters. The molecule has 4 heteroatoms. The van der Waals surface area contributed by atoms with Crippen LogP contribution in [-0.4, -0.2) is 28.5 Å². The summed E-state index contributed by atoms with van der Waals surface area (Å²) in [5.41, 5.74) is 0. The summed E-state index contributed by atoms with van der Waals surface area (Å²) in [6.45, 7) is 9.96. The highest BCUT2D eigenvalue weighted by Gasteiger charge is 2.14. The molecule has 0 bridgehead atoms. The molecule has 0 aromatic carbocycles. The minimum Gasteiger partial charge on any atom is -0.383 e. The van der Waals surface area contributed by atoms with Crippen LogP contribution in [0.2, 0.25) is 0 Å². The molecule has 0 fully saturated rings. The second kappa shape index (κ2) is 5.26. The largest absolute Gasteiger partial charge is 0.383 e. The fraction of sp³-hybridized carbons (Fsp3) is 0.818. The van der Waals surface area contributed by atoms with E-state index in [1.807, 2.05) is 4.68 Å². The van der Waals surface area contributed by atoms with Crippen molar-refractivity contribution in [2.45, 2.75) is 46.1 Å². The first-order valence-electron chi connectivity index (χ1n) is 5.49. The summed E-state index contributed by atoms with van der Waals surface area (Å²) in [6, 6.07) is 0. The average Bonchev–Trinajstić information content (AvgIpc) is 2.58. The van der Waals surface area contributed by atoms with E-state index in [4.69, 9.17) is 4.74 Å². The Morgan fingerprint density at radius 3 is 2.33 bits per heavy atom. The lowest BCUT2D eigenvalue weighted by Crippen LogP contribution is -2.11. The highest BCUT2D eigenvalue weighted by Crippen LogP contribution is 2.16. The predicted octanol–water partition coefficient (Wildman–Crippen LogP) is 2.17. The van der Waals surface area contributed by atoms with Crippen LogP contribution in [0.25, 0.3) is 0 Å². The van der Waals surface area contributed by atoms with Gasteiger partial charge >= 0.3 is 0 Å². The molecule has 0 unspecified atom stereocenters. The minimum absolute atomic E-state index is 0.381. The summed E-state index contributed by atoms with van der Waals surface area (Å²) < 4.78 is 7.02. The van der Waals surface area contributed by atoms with Crippen LogP contribution in [0.4, 0.5) is 0 Å². The van der Waals surface area contributed by atoms with E-state index in [2.05, 4.69) is 37.8 Å². The zero-order chi connectivity index (χ0) is 11.4. The Morgan fingerprint density at radius 1 is 1.20 bits per heavy atom. The van der Waals surface area contributed by atoms with Crippen molar-refractivity contribution in [3.05, 3.63) is 11.6 Å². The fourth-order valence-corrected chi connectivity index (χ4v) is 1.39. The fourth-order valence-electron chi connectivity index (χ4n) is 1.39. The topological polar surface area (TPSA) is 39.9 Å². The van der Waals surface area contributed by atoms with Gasteiger partial charge in [-0.25, -0.2) is 9.67 Å². The van der Waals surface area contributed by atoms with Gasteiger partial charge in [0.1, 0.15) is 5.82 Å². The summed E-state index contributed by atoms with van der Waals surface area (Å²) >= 11 is 0. The molecule has 15 heavy (non-hydrogen) atoms. The van der Waals surface area contributed by atoms with Crippen molar-refractivity contribution >= 4 is 0 Å². The molecule has 4 nitrogen and oxygen atoms in total. The van der Waals surface area contributed by atoms with Gasteiger partial charge < -0.3 is 4.74 Å². The average molecular weight is 211 g/mol. The van der Waals surface area contributed by atoms with Crippen LogP contribution in [0.1, 0.15) is 51.2 Å². The van der Waals surface area contributed by atoms with Crippen molar-refractivity contribution in [3.8, 4) is 0 Å². The number of hydrogen-bond acceptors (Lipinski definition) is 3. The maximum atomic E-state index is 5.06. The number of nitrogens with zero attached hydrogens (tertiary/aromatic N) is 3. The molecule has 0 spiro atoms. The maximum Gasteiger partial charge on any atom is 0.153 e. The second-order valence-electron chi connectivity index (χ2n) is 4.35. The van der Waals surface area contributed by atoms with Crippen LogP contribution in [0.3, 0.4) is 0 Å². The highest BCUT2D eigenvalue weighted by molar-refractivity contribution is 5.00. The van der Waals surface area contributed by atoms with Gasteiger partial charge in [0, 0.05) is 18.9 Å². The molecule has 0 aliphatic carbocycles. The first-order chi connectivity index (χ1) is 7.06. The molecule has 1 aromatic heterocycles. The van der Waals surface area contributed by atoms with E-state index in [0.29, 0.717) is 18.4 Å². The molecule has 0 aliphatic heterocycles. The number of aromatic nitrogens is 3. The summed E-state index contributed by atoms with van der Waals surface area (Å²) in [4.78, 5) is 4.56. The smallest absolute Gasteiger partial charge is 0.153 e. The quantitative estimate of drug-likeness (QED) is 0.749. The van der Waals surface area contributed by atoms with Crippen LogP contribution >= 0.6 is 0 Å². The van der Waals surface area contributed by atoms with Gasteiger partial charge in [-0.15, -0.1) is 0 Å². The lowest BCUT2D eigenvalue weighted by molar-refractivity contribution is 0.182. The molecule has 1 aromatic rings.